The summed E-state index contributed by atoms with van der Waals surface area (Å²) in [7, 11) is 1.46. The van der Waals surface area contributed by atoms with Gasteiger partial charge in [0.15, 0.2) is 0 Å². The number of ether oxygens (including phenoxy) is 1. The highest BCUT2D eigenvalue weighted by Crippen LogP contribution is 2.19. The van der Waals surface area contributed by atoms with Gasteiger partial charge >= 0.3 is 0 Å². The number of aliphatic hydroxyl groups is 2. The van der Waals surface area contributed by atoms with E-state index in [9.17, 15) is 15.0 Å². The van der Waals surface area contributed by atoms with Crippen LogP contribution in [0.5, 0.6) is 5.88 Å². The van der Waals surface area contributed by atoms with Crippen LogP contribution in [0.2, 0.25) is 0 Å². The predicted octanol–water partition coefficient (Wildman–Crippen LogP) is -0.379. The Morgan fingerprint density at radius 2 is 2.29 bits per heavy atom. The van der Waals surface area contributed by atoms with E-state index in [2.05, 4.69) is 10.3 Å². The number of methoxy groups -OCH3 is 1. The van der Waals surface area contributed by atoms with Gasteiger partial charge in [0.05, 0.1) is 7.11 Å². The summed E-state index contributed by atoms with van der Waals surface area (Å²) in [5, 5.41) is 21.9. The molecule has 0 spiro atoms. The second-order valence-electron chi connectivity index (χ2n) is 3.58. The average Bonchev–Trinajstić information content (AvgIpc) is 2.35. The van der Waals surface area contributed by atoms with Crippen molar-refractivity contribution in [3.8, 4) is 5.88 Å². The number of hydrogen-bond donors (Lipinski definition) is 3. The standard InChI is InChI=1S/C11H16N2O4/c1-7(14)13-6-9(15)11(16)8-3-4-12-10(5-8)17-2/h3-5,9,11,15-16H,6H2,1-2H3,(H,13,14). The van der Waals surface area contributed by atoms with Gasteiger partial charge < -0.3 is 20.3 Å². The number of carbonyl (C=O) groups is 1. The Labute approximate surface area is 99.3 Å². The first-order valence-corrected chi connectivity index (χ1v) is 5.15. The van der Waals surface area contributed by atoms with Crippen molar-refractivity contribution in [2.45, 2.75) is 19.1 Å². The molecule has 0 saturated carbocycles. The molecule has 0 aliphatic heterocycles. The Balaban J connectivity index is 2.66. The van der Waals surface area contributed by atoms with E-state index in [1.807, 2.05) is 0 Å². The summed E-state index contributed by atoms with van der Waals surface area (Å²) in [5.41, 5.74) is 0.481. The summed E-state index contributed by atoms with van der Waals surface area (Å²) in [4.78, 5) is 14.6. The molecule has 1 aromatic heterocycles. The highest BCUT2D eigenvalue weighted by atomic mass is 16.5. The van der Waals surface area contributed by atoms with Crippen molar-refractivity contribution in [1.82, 2.24) is 10.3 Å². The number of amides is 1. The lowest BCUT2D eigenvalue weighted by Crippen LogP contribution is -2.34. The van der Waals surface area contributed by atoms with E-state index >= 15 is 0 Å². The Bertz CT molecular complexity index is 383. The van der Waals surface area contributed by atoms with Gasteiger partial charge in [-0.2, -0.15) is 0 Å². The van der Waals surface area contributed by atoms with E-state index in [4.69, 9.17) is 4.74 Å². The molecule has 6 nitrogen and oxygen atoms in total. The van der Waals surface area contributed by atoms with Crippen molar-refractivity contribution in [2.24, 2.45) is 0 Å². The van der Waals surface area contributed by atoms with Gasteiger partial charge in [-0.05, 0) is 11.6 Å². The summed E-state index contributed by atoms with van der Waals surface area (Å²) < 4.78 is 4.91. The third-order valence-electron chi connectivity index (χ3n) is 2.23. The zero-order chi connectivity index (χ0) is 12.8. The number of nitrogens with one attached hydrogen (secondary N) is 1. The van der Waals surface area contributed by atoms with Gasteiger partial charge in [0.1, 0.15) is 12.2 Å². The lowest BCUT2D eigenvalue weighted by atomic mass is 10.1. The van der Waals surface area contributed by atoms with Gasteiger partial charge in [-0.1, -0.05) is 0 Å². The van der Waals surface area contributed by atoms with Gasteiger partial charge in [0.25, 0.3) is 0 Å². The monoisotopic (exact) mass is 240 g/mol. The molecule has 0 radical (unpaired) electrons. The maximum absolute atomic E-state index is 10.7. The summed E-state index contributed by atoms with van der Waals surface area (Å²) in [6.07, 6.45) is -0.701. The highest BCUT2D eigenvalue weighted by molar-refractivity contribution is 5.72. The molecule has 0 saturated heterocycles. The maximum Gasteiger partial charge on any atom is 0.216 e. The Morgan fingerprint density at radius 1 is 1.59 bits per heavy atom. The van der Waals surface area contributed by atoms with Crippen LogP contribution in [0.4, 0.5) is 0 Å². The lowest BCUT2D eigenvalue weighted by molar-refractivity contribution is -0.119. The van der Waals surface area contributed by atoms with E-state index in [1.165, 1.54) is 26.3 Å². The van der Waals surface area contributed by atoms with Gasteiger partial charge in [-0.3, -0.25) is 4.79 Å². The SMILES string of the molecule is COc1cc(C(O)C(O)CNC(C)=O)ccn1. The molecular weight excluding hydrogens is 224 g/mol. The quantitative estimate of drug-likeness (QED) is 0.652. The van der Waals surface area contributed by atoms with Gasteiger partial charge in [-0.15, -0.1) is 0 Å². The zero-order valence-corrected chi connectivity index (χ0v) is 9.75. The molecule has 2 unspecified atom stereocenters. The van der Waals surface area contributed by atoms with E-state index in [0.29, 0.717) is 11.4 Å². The van der Waals surface area contributed by atoms with Crippen molar-refractivity contribution in [3.63, 3.8) is 0 Å². The Morgan fingerprint density at radius 3 is 2.88 bits per heavy atom. The summed E-state index contributed by atoms with van der Waals surface area (Å²) in [5.74, 6) is 0.0943. The maximum atomic E-state index is 10.7. The molecule has 0 bridgehead atoms. The van der Waals surface area contributed by atoms with Crippen LogP contribution in [0.3, 0.4) is 0 Å². The van der Waals surface area contributed by atoms with Crippen LogP contribution in [0.15, 0.2) is 18.3 Å². The molecule has 0 fully saturated rings. The number of rotatable bonds is 5. The molecule has 0 aromatic carbocycles. The molecule has 1 heterocycles. The molecule has 6 heteroatoms. The normalized spacial score (nSPS) is 13.9. The van der Waals surface area contributed by atoms with Crippen LogP contribution in [-0.2, 0) is 4.79 Å². The van der Waals surface area contributed by atoms with Crippen LogP contribution in [-0.4, -0.2) is 40.9 Å². The van der Waals surface area contributed by atoms with Crippen LogP contribution in [0, 0.1) is 0 Å². The van der Waals surface area contributed by atoms with Gasteiger partial charge in [0, 0.05) is 25.7 Å². The van der Waals surface area contributed by atoms with E-state index in [0.717, 1.165) is 0 Å². The number of hydrogen-bond acceptors (Lipinski definition) is 5. The second-order valence-corrected chi connectivity index (χ2v) is 3.58. The first kappa shape index (κ1) is 13.4. The highest BCUT2D eigenvalue weighted by Gasteiger charge is 2.19. The van der Waals surface area contributed by atoms with Crippen LogP contribution >= 0.6 is 0 Å². The molecule has 1 rings (SSSR count). The minimum Gasteiger partial charge on any atom is -0.481 e. The summed E-state index contributed by atoms with van der Waals surface area (Å²) in [6, 6.07) is 3.10. The van der Waals surface area contributed by atoms with Crippen molar-refractivity contribution >= 4 is 5.91 Å². The predicted molar refractivity (Wildman–Crippen MR) is 60.4 cm³/mol. The second kappa shape index (κ2) is 6.17. The summed E-state index contributed by atoms with van der Waals surface area (Å²) >= 11 is 0. The van der Waals surface area contributed by atoms with Crippen LogP contribution in [0.25, 0.3) is 0 Å². The summed E-state index contributed by atoms with van der Waals surface area (Å²) in [6.45, 7) is 1.33. The van der Waals surface area contributed by atoms with E-state index < -0.39 is 12.2 Å². The van der Waals surface area contributed by atoms with E-state index in [1.54, 1.807) is 6.07 Å². The molecule has 0 aliphatic carbocycles. The van der Waals surface area contributed by atoms with E-state index in [-0.39, 0.29) is 12.5 Å². The number of aromatic nitrogens is 1. The fraction of sp³-hybridized carbons (Fsp3) is 0.455. The Kier molecular flexibility index (Phi) is 4.86. The number of carbonyl (C=O) groups excluding carboxylic acids is 1. The third kappa shape index (κ3) is 4.01. The number of pyridine rings is 1. The molecule has 94 valence electrons. The smallest absolute Gasteiger partial charge is 0.216 e. The topological polar surface area (TPSA) is 91.7 Å². The van der Waals surface area contributed by atoms with Gasteiger partial charge in [-0.25, -0.2) is 4.98 Å². The minimum atomic E-state index is -1.10. The van der Waals surface area contributed by atoms with Gasteiger partial charge in [0.2, 0.25) is 11.8 Å². The molecular formula is C11H16N2O4. The fourth-order valence-electron chi connectivity index (χ4n) is 1.30. The first-order valence-electron chi connectivity index (χ1n) is 5.15. The first-order chi connectivity index (χ1) is 8.04. The lowest BCUT2D eigenvalue weighted by Gasteiger charge is -2.18. The number of nitrogens with zero attached hydrogens (tertiary/aromatic N) is 1. The Hall–Kier alpha value is -1.66. The minimum absolute atomic E-state index is 0.0128. The van der Waals surface area contributed by atoms with Crippen LogP contribution < -0.4 is 10.1 Å². The molecule has 3 N–H and O–H groups in total. The van der Waals surface area contributed by atoms with Crippen molar-refractivity contribution in [1.29, 1.82) is 0 Å². The third-order valence-corrected chi connectivity index (χ3v) is 2.23. The molecule has 17 heavy (non-hydrogen) atoms. The largest absolute Gasteiger partial charge is 0.481 e. The molecule has 1 amide bonds. The fourth-order valence-corrected chi connectivity index (χ4v) is 1.30. The van der Waals surface area contributed by atoms with Crippen LogP contribution in [0.1, 0.15) is 18.6 Å². The van der Waals surface area contributed by atoms with Crippen molar-refractivity contribution in [3.05, 3.63) is 23.9 Å². The van der Waals surface area contributed by atoms with Crippen molar-refractivity contribution in [2.75, 3.05) is 13.7 Å². The average molecular weight is 240 g/mol. The van der Waals surface area contributed by atoms with Crippen molar-refractivity contribution < 1.29 is 19.7 Å². The molecule has 0 aliphatic rings. The number of aliphatic hydroxyl groups excluding tert-OH is 2. The molecule has 1 aromatic rings. The zero-order valence-electron chi connectivity index (χ0n) is 9.75. The molecule has 2 atom stereocenters.